The average Bonchev–Trinajstić information content (AvgIpc) is 2.85. The standard InChI is InChI=1S/C28H45N3O5S/c1-6-20-12-14-21(15-13-20)24(25(33)29-22-10-8-7-9-11-22)31(17-18-32)26(34)23(16-19-37-5)30-27(35)36-28(2,3)4/h12-15,22-24,32H,6-11,16-19H2,1-5H3,(H,29,33)(H,30,35). The minimum atomic E-state index is -0.926. The first kappa shape index (κ1) is 31.0. The Morgan fingerprint density at radius 2 is 1.78 bits per heavy atom. The SMILES string of the molecule is CCc1ccc(C(C(=O)NC2CCCCC2)N(CCO)C(=O)C(CCSC)NC(=O)OC(C)(C)C)cc1. The Labute approximate surface area is 226 Å². The van der Waals surface area contributed by atoms with Crippen LogP contribution in [-0.2, 0) is 20.7 Å². The molecule has 0 bridgehead atoms. The van der Waals surface area contributed by atoms with Crippen LogP contribution in [0.4, 0.5) is 4.79 Å². The van der Waals surface area contributed by atoms with Gasteiger partial charge in [0.15, 0.2) is 0 Å². The summed E-state index contributed by atoms with van der Waals surface area (Å²) in [6, 6.07) is 5.92. The molecule has 0 saturated heterocycles. The van der Waals surface area contributed by atoms with Gasteiger partial charge in [-0.15, -0.1) is 0 Å². The van der Waals surface area contributed by atoms with Crippen LogP contribution in [0.5, 0.6) is 0 Å². The smallest absolute Gasteiger partial charge is 0.408 e. The molecule has 1 fully saturated rings. The molecule has 2 rings (SSSR count). The lowest BCUT2D eigenvalue weighted by atomic mass is 9.94. The fraction of sp³-hybridized carbons (Fsp3) is 0.679. The van der Waals surface area contributed by atoms with Crippen molar-refractivity contribution < 1.29 is 24.2 Å². The van der Waals surface area contributed by atoms with Crippen LogP contribution < -0.4 is 10.6 Å². The van der Waals surface area contributed by atoms with E-state index < -0.39 is 29.7 Å². The van der Waals surface area contributed by atoms with Crippen LogP contribution in [0.3, 0.4) is 0 Å². The van der Waals surface area contributed by atoms with Gasteiger partial charge in [-0.2, -0.15) is 11.8 Å². The van der Waals surface area contributed by atoms with E-state index in [4.69, 9.17) is 4.74 Å². The van der Waals surface area contributed by atoms with Crippen LogP contribution in [0.15, 0.2) is 24.3 Å². The van der Waals surface area contributed by atoms with Crippen molar-refractivity contribution in [2.45, 2.75) is 96.4 Å². The van der Waals surface area contributed by atoms with E-state index in [0.29, 0.717) is 17.7 Å². The number of thioether (sulfide) groups is 1. The van der Waals surface area contributed by atoms with Gasteiger partial charge in [-0.1, -0.05) is 50.5 Å². The van der Waals surface area contributed by atoms with E-state index in [2.05, 4.69) is 17.6 Å². The molecule has 1 saturated carbocycles. The summed E-state index contributed by atoms with van der Waals surface area (Å²) in [4.78, 5) is 41.6. The number of aliphatic hydroxyl groups excluding tert-OH is 1. The summed E-state index contributed by atoms with van der Waals surface area (Å²) in [5, 5.41) is 15.8. The predicted octanol–water partition coefficient (Wildman–Crippen LogP) is 4.21. The van der Waals surface area contributed by atoms with Crippen molar-refractivity contribution in [3.8, 4) is 0 Å². The second-order valence-electron chi connectivity index (χ2n) is 10.6. The Kier molecular flexibility index (Phi) is 12.7. The molecule has 2 unspecified atom stereocenters. The molecule has 1 aromatic rings. The first-order valence-corrected chi connectivity index (χ1v) is 14.8. The van der Waals surface area contributed by atoms with Crippen molar-refractivity contribution in [2.24, 2.45) is 0 Å². The minimum Gasteiger partial charge on any atom is -0.444 e. The van der Waals surface area contributed by atoms with Crippen LogP contribution in [0.2, 0.25) is 0 Å². The molecule has 0 spiro atoms. The number of ether oxygens (including phenoxy) is 1. The summed E-state index contributed by atoms with van der Waals surface area (Å²) < 4.78 is 5.40. The van der Waals surface area contributed by atoms with E-state index >= 15 is 0 Å². The number of nitrogens with zero attached hydrogens (tertiary/aromatic N) is 1. The Bertz CT molecular complexity index is 866. The number of carbonyl (C=O) groups is 3. The maximum Gasteiger partial charge on any atom is 0.408 e. The van der Waals surface area contributed by atoms with E-state index in [1.54, 1.807) is 32.5 Å². The van der Waals surface area contributed by atoms with E-state index in [-0.39, 0.29) is 25.1 Å². The highest BCUT2D eigenvalue weighted by Crippen LogP contribution is 2.26. The molecule has 3 amide bonds. The summed E-state index contributed by atoms with van der Waals surface area (Å²) in [6.07, 6.45) is 7.59. The van der Waals surface area contributed by atoms with Crippen LogP contribution in [0, 0.1) is 0 Å². The number of amides is 3. The number of aryl methyl sites for hydroxylation is 1. The van der Waals surface area contributed by atoms with Gasteiger partial charge in [0.05, 0.1) is 6.61 Å². The second kappa shape index (κ2) is 15.2. The maximum absolute atomic E-state index is 13.9. The number of hydrogen-bond donors (Lipinski definition) is 3. The fourth-order valence-electron chi connectivity index (χ4n) is 4.55. The molecule has 8 nitrogen and oxygen atoms in total. The highest BCUT2D eigenvalue weighted by atomic mass is 32.2. The Hall–Kier alpha value is -2.26. The van der Waals surface area contributed by atoms with E-state index in [9.17, 15) is 19.5 Å². The van der Waals surface area contributed by atoms with Gasteiger partial charge in [-0.25, -0.2) is 4.79 Å². The monoisotopic (exact) mass is 535 g/mol. The average molecular weight is 536 g/mol. The van der Waals surface area contributed by atoms with Crippen LogP contribution in [0.25, 0.3) is 0 Å². The summed E-state index contributed by atoms with van der Waals surface area (Å²) in [6.45, 7) is 6.98. The molecular formula is C28H45N3O5S. The molecule has 0 radical (unpaired) electrons. The topological polar surface area (TPSA) is 108 Å². The molecule has 1 aliphatic rings. The van der Waals surface area contributed by atoms with Crippen LogP contribution in [-0.4, -0.2) is 70.8 Å². The zero-order chi connectivity index (χ0) is 27.4. The summed E-state index contributed by atoms with van der Waals surface area (Å²) >= 11 is 1.56. The zero-order valence-electron chi connectivity index (χ0n) is 23.0. The quantitative estimate of drug-likeness (QED) is 0.370. The molecule has 1 aromatic carbocycles. The molecule has 1 aliphatic carbocycles. The molecule has 3 N–H and O–H groups in total. The Balaban J connectivity index is 2.40. The third kappa shape index (κ3) is 10.2. The maximum atomic E-state index is 13.9. The molecule has 9 heteroatoms. The molecule has 0 aromatic heterocycles. The number of hydrogen-bond acceptors (Lipinski definition) is 6. The van der Waals surface area contributed by atoms with Crippen molar-refractivity contribution in [3.63, 3.8) is 0 Å². The third-order valence-electron chi connectivity index (χ3n) is 6.44. The minimum absolute atomic E-state index is 0.0388. The first-order chi connectivity index (χ1) is 17.6. The number of alkyl carbamates (subject to hydrolysis) is 1. The number of nitrogens with one attached hydrogen (secondary N) is 2. The molecule has 2 atom stereocenters. The van der Waals surface area contributed by atoms with Gasteiger partial charge < -0.3 is 25.4 Å². The van der Waals surface area contributed by atoms with E-state index in [1.807, 2.05) is 30.5 Å². The summed E-state index contributed by atoms with van der Waals surface area (Å²) in [7, 11) is 0. The second-order valence-corrected chi connectivity index (χ2v) is 11.6. The Morgan fingerprint density at radius 3 is 2.32 bits per heavy atom. The van der Waals surface area contributed by atoms with E-state index in [0.717, 1.165) is 44.1 Å². The van der Waals surface area contributed by atoms with Gasteiger partial charge in [-0.3, -0.25) is 9.59 Å². The number of benzene rings is 1. The first-order valence-electron chi connectivity index (χ1n) is 13.4. The van der Waals surface area contributed by atoms with Gasteiger partial charge in [0.2, 0.25) is 11.8 Å². The molecular weight excluding hydrogens is 490 g/mol. The number of rotatable bonds is 12. The number of carbonyl (C=O) groups excluding carboxylic acids is 3. The normalized spacial score (nSPS) is 15.9. The van der Waals surface area contributed by atoms with E-state index in [1.165, 1.54) is 4.90 Å². The Morgan fingerprint density at radius 1 is 1.14 bits per heavy atom. The highest BCUT2D eigenvalue weighted by molar-refractivity contribution is 7.98. The molecule has 208 valence electrons. The van der Waals surface area contributed by atoms with Gasteiger partial charge in [0.25, 0.3) is 0 Å². The van der Waals surface area contributed by atoms with Gasteiger partial charge in [0.1, 0.15) is 17.7 Å². The predicted molar refractivity (Wildman–Crippen MR) is 149 cm³/mol. The van der Waals surface area contributed by atoms with Crippen molar-refractivity contribution in [1.82, 2.24) is 15.5 Å². The van der Waals surface area contributed by atoms with Crippen LogP contribution >= 0.6 is 11.8 Å². The van der Waals surface area contributed by atoms with Crippen molar-refractivity contribution in [3.05, 3.63) is 35.4 Å². The number of aliphatic hydroxyl groups is 1. The largest absolute Gasteiger partial charge is 0.444 e. The lowest BCUT2D eigenvalue weighted by molar-refractivity contribution is -0.143. The fourth-order valence-corrected chi connectivity index (χ4v) is 5.02. The lowest BCUT2D eigenvalue weighted by Gasteiger charge is -2.35. The molecule has 0 heterocycles. The van der Waals surface area contributed by atoms with Gasteiger partial charge >= 0.3 is 6.09 Å². The summed E-state index contributed by atoms with van der Waals surface area (Å²) in [5.74, 6) is -0.0558. The van der Waals surface area contributed by atoms with Crippen molar-refractivity contribution in [2.75, 3.05) is 25.2 Å². The third-order valence-corrected chi connectivity index (χ3v) is 7.08. The summed E-state index contributed by atoms with van der Waals surface area (Å²) in [5.41, 5.74) is 1.08. The zero-order valence-corrected chi connectivity index (χ0v) is 23.9. The molecule has 37 heavy (non-hydrogen) atoms. The lowest BCUT2D eigenvalue weighted by Crippen LogP contribution is -2.54. The van der Waals surface area contributed by atoms with Gasteiger partial charge in [0, 0.05) is 12.6 Å². The molecule has 0 aliphatic heterocycles. The van der Waals surface area contributed by atoms with Crippen LogP contribution in [0.1, 0.15) is 83.4 Å². The van der Waals surface area contributed by atoms with Crippen molar-refractivity contribution >= 4 is 29.7 Å². The highest BCUT2D eigenvalue weighted by Gasteiger charge is 2.36. The van der Waals surface area contributed by atoms with Crippen molar-refractivity contribution in [1.29, 1.82) is 0 Å². The van der Waals surface area contributed by atoms with Gasteiger partial charge in [-0.05, 0) is 69.6 Å².